The van der Waals surface area contributed by atoms with Gasteiger partial charge in [0.2, 0.25) is 0 Å². The van der Waals surface area contributed by atoms with Gasteiger partial charge >= 0.3 is 0 Å². The number of ketones is 1. The van der Waals surface area contributed by atoms with Gasteiger partial charge in [0.05, 0.1) is 11.7 Å². The number of carbonyl (C=O) groups excluding carboxylic acids is 1. The molecule has 0 heterocycles. The largest absolute Gasteiger partial charge is 0.393 e. The van der Waals surface area contributed by atoms with Gasteiger partial charge in [0.1, 0.15) is 5.60 Å². The van der Waals surface area contributed by atoms with E-state index < -0.39 is 22.7 Å². The lowest BCUT2D eigenvalue weighted by Crippen LogP contribution is -2.66. The van der Waals surface area contributed by atoms with Gasteiger partial charge in [0.25, 0.3) is 0 Å². The monoisotopic (exact) mass is 444 g/mol. The summed E-state index contributed by atoms with van der Waals surface area (Å²) in [5, 5.41) is 33.9. The fraction of sp³-hybridized carbons (Fsp3) is 0.821. The van der Waals surface area contributed by atoms with Crippen LogP contribution in [0.1, 0.15) is 86.5 Å². The van der Waals surface area contributed by atoms with Gasteiger partial charge in [-0.3, -0.25) is 4.79 Å². The summed E-state index contributed by atoms with van der Waals surface area (Å²) >= 11 is 0. The van der Waals surface area contributed by atoms with Crippen LogP contribution in [-0.2, 0) is 4.79 Å². The van der Waals surface area contributed by atoms with Gasteiger partial charge in [-0.15, -0.1) is 0 Å². The lowest BCUT2D eigenvalue weighted by Gasteiger charge is -2.62. The molecule has 4 rings (SSSR count). The molecule has 4 aliphatic rings. The lowest BCUT2D eigenvalue weighted by atomic mass is 9.44. The minimum absolute atomic E-state index is 0.0127. The molecule has 9 atom stereocenters. The van der Waals surface area contributed by atoms with Crippen LogP contribution in [0.2, 0.25) is 0 Å². The Morgan fingerprint density at radius 3 is 2.25 bits per heavy atom. The van der Waals surface area contributed by atoms with Crippen molar-refractivity contribution in [1.82, 2.24) is 0 Å². The topological polar surface area (TPSA) is 77.8 Å². The molecule has 0 aromatic carbocycles. The highest BCUT2D eigenvalue weighted by molar-refractivity contribution is 6.00. The Labute approximate surface area is 194 Å². The Morgan fingerprint density at radius 2 is 1.59 bits per heavy atom. The first-order valence-corrected chi connectivity index (χ1v) is 12.9. The second-order valence-electron chi connectivity index (χ2n) is 12.5. The zero-order valence-electron chi connectivity index (χ0n) is 20.9. The highest BCUT2D eigenvalue weighted by Gasteiger charge is 2.69. The van der Waals surface area contributed by atoms with Crippen molar-refractivity contribution in [1.29, 1.82) is 0 Å². The summed E-state index contributed by atoms with van der Waals surface area (Å²) in [4.78, 5) is 13.3. The fourth-order valence-electron chi connectivity index (χ4n) is 7.92. The van der Waals surface area contributed by atoms with E-state index in [0.29, 0.717) is 42.9 Å². The molecule has 0 radical (unpaired) electrons. The molecule has 0 amide bonds. The molecule has 180 valence electrons. The van der Waals surface area contributed by atoms with Gasteiger partial charge in [-0.05, 0) is 79.8 Å². The molecule has 3 fully saturated rings. The summed E-state index contributed by atoms with van der Waals surface area (Å²) in [6, 6.07) is 0. The highest BCUT2D eigenvalue weighted by Crippen LogP contribution is 2.68. The molecule has 3 N–H and O–H groups in total. The number of fused-ring (bicyclic) bond motifs is 5. The van der Waals surface area contributed by atoms with E-state index in [4.69, 9.17) is 0 Å². The SMILES string of the molecule is CC(C)[C@@H](C)/C=C/[C@@H](C)[C@H]1CC[C@@]2(O)C3=CC(=O)[C@@]4(O)C[C@@H](O)CC[C@]4(C)[C@H]3CC[C@]12C. The van der Waals surface area contributed by atoms with Crippen molar-refractivity contribution < 1.29 is 20.1 Å². The Hall–Kier alpha value is -0.970. The standard InChI is InChI=1S/C28H44O4/c1-17(2)18(3)7-8-19(4)21-11-14-27(31)23-15-24(30)28(32)16-20(29)9-12-26(28,6)22(23)10-13-25(21,27)5/h7-8,15,17-22,29,31-32H,9-14,16H2,1-6H3/b8-7+/t18-,19+,20-,21+,22-,25+,26+,27+,28-/m0/s1. The number of aliphatic hydroxyl groups excluding tert-OH is 1. The van der Waals surface area contributed by atoms with E-state index in [-0.39, 0.29) is 23.5 Å². The van der Waals surface area contributed by atoms with Crippen LogP contribution >= 0.6 is 0 Å². The third-order valence-electron chi connectivity index (χ3n) is 10.7. The second kappa shape index (κ2) is 7.78. The molecule has 4 nitrogen and oxygen atoms in total. The Balaban J connectivity index is 1.68. The molecule has 3 saturated carbocycles. The summed E-state index contributed by atoms with van der Waals surface area (Å²) < 4.78 is 0. The molecule has 4 heteroatoms. The number of carbonyl (C=O) groups is 1. The van der Waals surface area contributed by atoms with E-state index in [1.807, 2.05) is 6.92 Å². The normalized spacial score (nSPS) is 48.2. The van der Waals surface area contributed by atoms with Crippen molar-refractivity contribution in [2.24, 2.45) is 40.4 Å². The summed E-state index contributed by atoms with van der Waals surface area (Å²) in [7, 11) is 0. The Bertz CT molecular complexity index is 829. The van der Waals surface area contributed by atoms with Crippen molar-refractivity contribution >= 4 is 5.78 Å². The maximum atomic E-state index is 13.3. The predicted molar refractivity (Wildman–Crippen MR) is 127 cm³/mol. The zero-order valence-corrected chi connectivity index (χ0v) is 20.9. The number of allylic oxidation sites excluding steroid dienone is 2. The first-order valence-electron chi connectivity index (χ1n) is 12.9. The van der Waals surface area contributed by atoms with Crippen LogP contribution in [0.25, 0.3) is 0 Å². The average Bonchev–Trinajstić information content (AvgIpc) is 3.00. The summed E-state index contributed by atoms with van der Waals surface area (Å²) in [5.41, 5.74) is -2.55. The van der Waals surface area contributed by atoms with Crippen LogP contribution < -0.4 is 0 Å². The maximum absolute atomic E-state index is 13.3. The van der Waals surface area contributed by atoms with Crippen molar-refractivity contribution in [2.75, 3.05) is 0 Å². The number of hydrogen-bond acceptors (Lipinski definition) is 4. The quantitative estimate of drug-likeness (QED) is 0.543. The Kier molecular flexibility index (Phi) is 5.88. The van der Waals surface area contributed by atoms with Gasteiger partial charge in [-0.25, -0.2) is 0 Å². The van der Waals surface area contributed by atoms with Crippen LogP contribution in [0.5, 0.6) is 0 Å². The Morgan fingerprint density at radius 1 is 0.938 bits per heavy atom. The first kappa shape index (κ1) is 24.2. The second-order valence-corrected chi connectivity index (χ2v) is 12.5. The molecule has 0 aromatic heterocycles. The van der Waals surface area contributed by atoms with Crippen LogP contribution in [-0.4, -0.2) is 38.4 Å². The molecule has 0 unspecified atom stereocenters. The van der Waals surface area contributed by atoms with Crippen molar-refractivity contribution in [3.8, 4) is 0 Å². The summed E-state index contributed by atoms with van der Waals surface area (Å²) in [5.74, 6) is 1.54. The van der Waals surface area contributed by atoms with Gasteiger partial charge < -0.3 is 15.3 Å². The number of aliphatic hydroxyl groups is 3. The highest BCUT2D eigenvalue weighted by atomic mass is 16.3. The van der Waals surface area contributed by atoms with E-state index in [1.165, 1.54) is 0 Å². The third kappa shape index (κ3) is 3.15. The van der Waals surface area contributed by atoms with Crippen molar-refractivity contribution in [3.05, 3.63) is 23.8 Å². The number of rotatable bonds is 4. The molecule has 32 heavy (non-hydrogen) atoms. The van der Waals surface area contributed by atoms with E-state index in [1.54, 1.807) is 6.08 Å². The van der Waals surface area contributed by atoms with Crippen LogP contribution in [0.15, 0.2) is 23.8 Å². The maximum Gasteiger partial charge on any atom is 0.187 e. The van der Waals surface area contributed by atoms with Gasteiger partial charge in [0, 0.05) is 17.3 Å². The van der Waals surface area contributed by atoms with E-state index in [0.717, 1.165) is 24.8 Å². The molecular weight excluding hydrogens is 400 g/mol. The molecule has 0 aliphatic heterocycles. The minimum Gasteiger partial charge on any atom is -0.393 e. The van der Waals surface area contributed by atoms with Gasteiger partial charge in [-0.1, -0.05) is 53.7 Å². The molecular formula is C28H44O4. The molecule has 0 saturated heterocycles. The van der Waals surface area contributed by atoms with E-state index in [9.17, 15) is 20.1 Å². The molecule has 4 aliphatic carbocycles. The first-order chi connectivity index (χ1) is 14.8. The summed E-state index contributed by atoms with van der Waals surface area (Å²) in [6.07, 6.45) is 10.4. The van der Waals surface area contributed by atoms with E-state index >= 15 is 0 Å². The van der Waals surface area contributed by atoms with Crippen LogP contribution in [0.3, 0.4) is 0 Å². The van der Waals surface area contributed by atoms with Crippen molar-refractivity contribution in [3.63, 3.8) is 0 Å². The smallest absolute Gasteiger partial charge is 0.187 e. The predicted octanol–water partition coefficient (Wildman–Crippen LogP) is 4.82. The van der Waals surface area contributed by atoms with Gasteiger partial charge in [0.15, 0.2) is 5.78 Å². The zero-order chi connectivity index (χ0) is 23.7. The van der Waals surface area contributed by atoms with Crippen molar-refractivity contribution in [2.45, 2.75) is 104 Å². The molecule has 0 bridgehead atoms. The van der Waals surface area contributed by atoms with E-state index in [2.05, 4.69) is 46.8 Å². The lowest BCUT2D eigenvalue weighted by molar-refractivity contribution is -0.188. The number of hydrogen-bond donors (Lipinski definition) is 3. The average molecular weight is 445 g/mol. The third-order valence-corrected chi connectivity index (χ3v) is 10.7. The minimum atomic E-state index is -1.52. The van der Waals surface area contributed by atoms with Crippen LogP contribution in [0, 0.1) is 40.4 Å². The summed E-state index contributed by atoms with van der Waals surface area (Å²) in [6.45, 7) is 13.3. The molecule has 0 aromatic rings. The fourth-order valence-corrected chi connectivity index (χ4v) is 7.92. The van der Waals surface area contributed by atoms with Gasteiger partial charge in [-0.2, -0.15) is 0 Å². The van der Waals surface area contributed by atoms with Crippen LogP contribution in [0.4, 0.5) is 0 Å². The molecule has 0 spiro atoms.